The molecular formula is C17H19F6IN4S. The van der Waals surface area contributed by atoms with Gasteiger partial charge >= 0.3 is 12.4 Å². The van der Waals surface area contributed by atoms with Crippen LogP contribution in [0.2, 0.25) is 0 Å². The minimum Gasteiger partial charge on any atom is -0.357 e. The molecule has 0 radical (unpaired) electrons. The molecule has 0 fully saturated rings. The van der Waals surface area contributed by atoms with Crippen LogP contribution in [0.25, 0.3) is 0 Å². The van der Waals surface area contributed by atoms with Crippen LogP contribution in [0.3, 0.4) is 0 Å². The van der Waals surface area contributed by atoms with Crippen molar-refractivity contribution in [3.63, 3.8) is 0 Å². The Kier molecular flexibility index (Phi) is 9.65. The van der Waals surface area contributed by atoms with Gasteiger partial charge < -0.3 is 10.6 Å². The lowest BCUT2D eigenvalue weighted by Gasteiger charge is -2.11. The van der Waals surface area contributed by atoms with Gasteiger partial charge in [-0.3, -0.25) is 0 Å². The number of rotatable bonds is 6. The van der Waals surface area contributed by atoms with Crippen LogP contribution in [0.5, 0.6) is 0 Å². The summed E-state index contributed by atoms with van der Waals surface area (Å²) in [4.78, 5) is 7.81. The van der Waals surface area contributed by atoms with Crippen molar-refractivity contribution in [1.29, 1.82) is 0 Å². The van der Waals surface area contributed by atoms with Gasteiger partial charge in [0.25, 0.3) is 0 Å². The average Bonchev–Trinajstić information content (AvgIpc) is 3.08. The van der Waals surface area contributed by atoms with E-state index in [4.69, 9.17) is 0 Å². The van der Waals surface area contributed by atoms with Crippen molar-refractivity contribution < 1.29 is 26.3 Å². The van der Waals surface area contributed by atoms with E-state index >= 15 is 0 Å². The normalized spacial score (nSPS) is 12.4. The summed E-state index contributed by atoms with van der Waals surface area (Å²) < 4.78 is 75.3. The standard InChI is InChI=1S/C17H18F6N4S.HI/c1-2-24-15(25-8-7-14-27-13(10-28-14)17(21,22)23)26-9-11-3-5-12(6-4-11)16(18,19)20;/h3-6,10H,2,7-9H2,1H3,(H2,24,25,26);1H. The van der Waals surface area contributed by atoms with Crippen LogP contribution >= 0.6 is 35.3 Å². The summed E-state index contributed by atoms with van der Waals surface area (Å²) in [6.07, 6.45) is -8.56. The Morgan fingerprint density at radius 3 is 2.21 bits per heavy atom. The number of halogens is 7. The lowest BCUT2D eigenvalue weighted by molar-refractivity contribution is -0.141. The lowest BCUT2D eigenvalue weighted by atomic mass is 10.1. The lowest BCUT2D eigenvalue weighted by Crippen LogP contribution is -2.38. The summed E-state index contributed by atoms with van der Waals surface area (Å²) in [5.41, 5.74) is -1.04. The Balaban J connectivity index is 0.00000420. The largest absolute Gasteiger partial charge is 0.434 e. The fourth-order valence-electron chi connectivity index (χ4n) is 2.15. The number of hydrogen-bond donors (Lipinski definition) is 2. The monoisotopic (exact) mass is 552 g/mol. The van der Waals surface area contributed by atoms with E-state index in [-0.39, 0.29) is 36.9 Å². The Labute approximate surface area is 184 Å². The maximum atomic E-state index is 12.6. The number of aromatic nitrogens is 1. The van der Waals surface area contributed by atoms with Gasteiger partial charge in [-0.1, -0.05) is 12.1 Å². The van der Waals surface area contributed by atoms with Crippen molar-refractivity contribution in [2.24, 2.45) is 4.99 Å². The highest BCUT2D eigenvalue weighted by Gasteiger charge is 2.33. The van der Waals surface area contributed by atoms with Gasteiger partial charge in [-0.15, -0.1) is 35.3 Å². The zero-order valence-corrected chi connectivity index (χ0v) is 18.3. The molecule has 162 valence electrons. The number of alkyl halides is 6. The fourth-order valence-corrected chi connectivity index (χ4v) is 2.96. The smallest absolute Gasteiger partial charge is 0.357 e. The highest BCUT2D eigenvalue weighted by Crippen LogP contribution is 2.30. The van der Waals surface area contributed by atoms with E-state index in [0.29, 0.717) is 29.6 Å². The fraction of sp³-hybridized carbons (Fsp3) is 0.412. The van der Waals surface area contributed by atoms with Crippen LogP contribution in [0.4, 0.5) is 26.3 Å². The van der Waals surface area contributed by atoms with Crippen LogP contribution in [0.15, 0.2) is 34.6 Å². The van der Waals surface area contributed by atoms with E-state index in [2.05, 4.69) is 20.6 Å². The molecule has 0 saturated carbocycles. The number of guanidine groups is 1. The molecule has 0 bridgehead atoms. The highest BCUT2D eigenvalue weighted by atomic mass is 127. The first-order chi connectivity index (χ1) is 13.1. The van der Waals surface area contributed by atoms with Gasteiger partial charge in [0.1, 0.15) is 0 Å². The van der Waals surface area contributed by atoms with Crippen molar-refractivity contribution in [2.75, 3.05) is 13.1 Å². The Morgan fingerprint density at radius 2 is 1.69 bits per heavy atom. The zero-order chi connectivity index (χ0) is 20.8. The number of benzene rings is 1. The van der Waals surface area contributed by atoms with E-state index in [1.807, 2.05) is 6.92 Å². The van der Waals surface area contributed by atoms with Crippen LogP contribution in [0, 0.1) is 0 Å². The molecule has 0 aliphatic heterocycles. The molecule has 0 spiro atoms. The molecule has 29 heavy (non-hydrogen) atoms. The van der Waals surface area contributed by atoms with Gasteiger partial charge in [0, 0.05) is 24.9 Å². The minimum atomic E-state index is -4.46. The van der Waals surface area contributed by atoms with Gasteiger partial charge in [-0.05, 0) is 24.6 Å². The molecule has 2 rings (SSSR count). The predicted octanol–water partition coefficient (Wildman–Crippen LogP) is 5.10. The van der Waals surface area contributed by atoms with Crippen LogP contribution < -0.4 is 10.6 Å². The molecule has 4 nitrogen and oxygen atoms in total. The Bertz CT molecular complexity index is 786. The van der Waals surface area contributed by atoms with Gasteiger partial charge in [0.2, 0.25) is 0 Å². The quantitative estimate of drug-likeness (QED) is 0.227. The first-order valence-corrected chi connectivity index (χ1v) is 9.17. The van der Waals surface area contributed by atoms with E-state index in [1.165, 1.54) is 12.1 Å². The molecule has 0 aliphatic carbocycles. The Hall–Kier alpha value is -1.57. The van der Waals surface area contributed by atoms with E-state index in [1.54, 1.807) is 0 Å². The first-order valence-electron chi connectivity index (χ1n) is 8.29. The zero-order valence-electron chi connectivity index (χ0n) is 15.2. The molecule has 2 N–H and O–H groups in total. The second kappa shape index (κ2) is 11.0. The van der Waals surface area contributed by atoms with E-state index in [0.717, 1.165) is 28.8 Å². The molecular weight excluding hydrogens is 533 g/mol. The molecule has 0 unspecified atom stereocenters. The van der Waals surface area contributed by atoms with Crippen molar-refractivity contribution in [2.45, 2.75) is 32.2 Å². The minimum absolute atomic E-state index is 0. The Morgan fingerprint density at radius 1 is 1.03 bits per heavy atom. The summed E-state index contributed by atoms with van der Waals surface area (Å²) in [5, 5.41) is 7.25. The maximum Gasteiger partial charge on any atom is 0.434 e. The molecule has 1 heterocycles. The summed E-state index contributed by atoms with van der Waals surface area (Å²) in [6, 6.07) is 4.69. The summed E-state index contributed by atoms with van der Waals surface area (Å²) >= 11 is 0.932. The number of thiazole rings is 1. The third kappa shape index (κ3) is 8.36. The van der Waals surface area contributed by atoms with Crippen molar-refractivity contribution >= 4 is 41.3 Å². The van der Waals surface area contributed by atoms with E-state index in [9.17, 15) is 26.3 Å². The average molecular weight is 552 g/mol. The van der Waals surface area contributed by atoms with Crippen LogP contribution in [0.1, 0.15) is 28.8 Å². The third-order valence-electron chi connectivity index (χ3n) is 3.52. The number of aliphatic imine (C=N–C) groups is 1. The van der Waals surface area contributed by atoms with Crippen molar-refractivity contribution in [3.8, 4) is 0 Å². The third-order valence-corrected chi connectivity index (χ3v) is 4.43. The summed E-state index contributed by atoms with van der Waals surface area (Å²) in [6.45, 7) is 2.85. The number of hydrogen-bond acceptors (Lipinski definition) is 3. The molecule has 1 aromatic heterocycles. The predicted molar refractivity (Wildman–Crippen MR) is 110 cm³/mol. The maximum absolute atomic E-state index is 12.6. The molecule has 0 aliphatic rings. The second-order valence-electron chi connectivity index (χ2n) is 5.69. The van der Waals surface area contributed by atoms with Gasteiger partial charge in [0.05, 0.1) is 17.1 Å². The molecule has 0 saturated heterocycles. The highest BCUT2D eigenvalue weighted by molar-refractivity contribution is 14.0. The molecule has 2 aromatic rings. The van der Waals surface area contributed by atoms with Gasteiger partial charge in [0.15, 0.2) is 11.7 Å². The topological polar surface area (TPSA) is 49.3 Å². The summed E-state index contributed by atoms with van der Waals surface area (Å²) in [7, 11) is 0. The SMILES string of the molecule is CCNC(=NCc1ccc(C(F)(F)F)cc1)NCCc1nc(C(F)(F)F)cs1.I. The number of nitrogens with zero attached hydrogens (tertiary/aromatic N) is 2. The van der Waals surface area contributed by atoms with Crippen molar-refractivity contribution in [1.82, 2.24) is 15.6 Å². The second-order valence-corrected chi connectivity index (χ2v) is 6.63. The molecule has 1 aromatic carbocycles. The molecule has 12 heteroatoms. The summed E-state index contributed by atoms with van der Waals surface area (Å²) in [5.74, 6) is 0.412. The van der Waals surface area contributed by atoms with Crippen LogP contribution in [-0.2, 0) is 25.3 Å². The van der Waals surface area contributed by atoms with Crippen LogP contribution in [-0.4, -0.2) is 24.0 Å². The molecule has 0 amide bonds. The van der Waals surface area contributed by atoms with E-state index < -0.39 is 23.6 Å². The van der Waals surface area contributed by atoms with Gasteiger partial charge in [-0.2, -0.15) is 26.3 Å². The van der Waals surface area contributed by atoms with Gasteiger partial charge in [-0.25, -0.2) is 9.98 Å². The number of nitrogens with one attached hydrogen (secondary N) is 2. The van der Waals surface area contributed by atoms with Crippen molar-refractivity contribution in [3.05, 3.63) is 51.5 Å². The molecule has 0 atom stereocenters. The first kappa shape index (κ1) is 25.5.